The summed E-state index contributed by atoms with van der Waals surface area (Å²) in [5.74, 6) is -0.636. The summed E-state index contributed by atoms with van der Waals surface area (Å²) in [5, 5.41) is 5.97. The molecule has 33 heavy (non-hydrogen) atoms. The van der Waals surface area contributed by atoms with Crippen molar-refractivity contribution in [2.45, 2.75) is 65.1 Å². The van der Waals surface area contributed by atoms with Gasteiger partial charge >= 0.3 is 6.03 Å². The van der Waals surface area contributed by atoms with Gasteiger partial charge in [-0.05, 0) is 11.5 Å². The summed E-state index contributed by atoms with van der Waals surface area (Å²) in [4.78, 5) is 56.9. The summed E-state index contributed by atoms with van der Waals surface area (Å²) in [6, 6.07) is 7.72. The molecule has 0 saturated carbocycles. The van der Waals surface area contributed by atoms with Gasteiger partial charge in [-0.3, -0.25) is 19.2 Å². The number of nitrogens with zero attached hydrogens (tertiary/aromatic N) is 1. The number of amides is 3. The molecule has 9 nitrogen and oxygen atoms in total. The molecule has 9 heteroatoms. The number of hydroxylamine groups is 1. The highest BCUT2D eigenvalue weighted by Gasteiger charge is 2.34. The molecule has 0 bridgehead atoms. The lowest BCUT2D eigenvalue weighted by atomic mass is 9.94. The van der Waals surface area contributed by atoms with Crippen molar-refractivity contribution in [2.75, 3.05) is 19.6 Å². The van der Waals surface area contributed by atoms with Gasteiger partial charge in [0, 0.05) is 38.9 Å². The summed E-state index contributed by atoms with van der Waals surface area (Å²) >= 11 is 0. The minimum absolute atomic E-state index is 0.00181. The van der Waals surface area contributed by atoms with Gasteiger partial charge in [0.25, 0.3) is 0 Å². The maximum Gasteiger partial charge on any atom is 0.318 e. The molecular formula is C24H36N4O5. The van der Waals surface area contributed by atoms with E-state index < -0.39 is 24.0 Å². The normalized spacial score (nSPS) is 17.7. The largest absolute Gasteiger partial charge is 0.328 e. The van der Waals surface area contributed by atoms with Crippen LogP contribution in [-0.4, -0.2) is 60.1 Å². The number of benzene rings is 1. The molecule has 0 aliphatic carbocycles. The van der Waals surface area contributed by atoms with Crippen LogP contribution in [0.25, 0.3) is 0 Å². The first-order valence-corrected chi connectivity index (χ1v) is 11.6. The first-order chi connectivity index (χ1) is 15.9. The summed E-state index contributed by atoms with van der Waals surface area (Å²) in [5.41, 5.74) is 3.27. The molecule has 1 fully saturated rings. The van der Waals surface area contributed by atoms with Crippen molar-refractivity contribution < 1.29 is 24.0 Å². The van der Waals surface area contributed by atoms with Crippen molar-refractivity contribution in [3.63, 3.8) is 0 Å². The molecular weight excluding hydrogens is 424 g/mol. The van der Waals surface area contributed by atoms with Crippen LogP contribution in [0.2, 0.25) is 0 Å². The second kappa shape index (κ2) is 13.7. The first kappa shape index (κ1) is 26.5. The zero-order chi connectivity index (χ0) is 24.2. The third-order valence-electron chi connectivity index (χ3n) is 5.93. The van der Waals surface area contributed by atoms with Gasteiger partial charge in [-0.1, -0.05) is 57.5 Å². The highest BCUT2D eigenvalue weighted by molar-refractivity contribution is 5.93. The fourth-order valence-corrected chi connectivity index (χ4v) is 3.68. The van der Waals surface area contributed by atoms with E-state index in [1.54, 1.807) is 6.92 Å². The van der Waals surface area contributed by atoms with Crippen molar-refractivity contribution >= 4 is 23.5 Å². The van der Waals surface area contributed by atoms with Crippen molar-refractivity contribution in [3.05, 3.63) is 35.9 Å². The van der Waals surface area contributed by atoms with Gasteiger partial charge in [0.2, 0.25) is 5.91 Å². The molecule has 1 aromatic carbocycles. The lowest BCUT2D eigenvalue weighted by Gasteiger charge is -2.36. The minimum Gasteiger partial charge on any atom is -0.328 e. The Morgan fingerprint density at radius 1 is 1.15 bits per heavy atom. The third kappa shape index (κ3) is 8.25. The molecule has 3 N–H and O–H groups in total. The Balaban J connectivity index is 1.87. The number of hydrogen-bond donors (Lipinski definition) is 3. The van der Waals surface area contributed by atoms with E-state index in [1.807, 2.05) is 44.2 Å². The van der Waals surface area contributed by atoms with Gasteiger partial charge in [0.05, 0.1) is 12.6 Å². The number of carbonyl (C=O) groups excluding carboxylic acids is 4. The molecule has 0 unspecified atom stereocenters. The Labute approximate surface area is 195 Å². The molecule has 182 valence electrons. The number of nitrogens with one attached hydrogen (secondary N) is 3. The summed E-state index contributed by atoms with van der Waals surface area (Å²) in [7, 11) is 0. The maximum absolute atomic E-state index is 13.0. The summed E-state index contributed by atoms with van der Waals surface area (Å²) in [6.07, 6.45) is 1.03. The van der Waals surface area contributed by atoms with Gasteiger partial charge in [0.15, 0.2) is 11.6 Å². The zero-order valence-electron chi connectivity index (χ0n) is 19.8. The van der Waals surface area contributed by atoms with E-state index in [-0.39, 0.29) is 36.9 Å². The second-order valence-electron chi connectivity index (χ2n) is 8.31. The number of ketones is 2. The molecule has 0 aromatic heterocycles. The second-order valence-corrected chi connectivity index (χ2v) is 8.31. The van der Waals surface area contributed by atoms with E-state index in [9.17, 15) is 19.2 Å². The number of rotatable bonds is 12. The lowest BCUT2D eigenvalue weighted by molar-refractivity contribution is -0.136. The van der Waals surface area contributed by atoms with Crippen LogP contribution in [0, 0.1) is 5.92 Å². The van der Waals surface area contributed by atoms with E-state index in [0.29, 0.717) is 26.1 Å². The van der Waals surface area contributed by atoms with Crippen LogP contribution in [0.3, 0.4) is 0 Å². The Bertz CT molecular complexity index is 801. The Morgan fingerprint density at radius 3 is 2.55 bits per heavy atom. The number of piperazine rings is 1. The van der Waals surface area contributed by atoms with Crippen molar-refractivity contribution in [3.8, 4) is 0 Å². The monoisotopic (exact) mass is 460 g/mol. The molecule has 1 aliphatic heterocycles. The average Bonchev–Trinajstić information content (AvgIpc) is 2.85. The highest BCUT2D eigenvalue weighted by atomic mass is 16.6. The van der Waals surface area contributed by atoms with Gasteiger partial charge in [0.1, 0.15) is 6.04 Å². The number of urea groups is 1. The molecule has 1 aliphatic rings. The summed E-state index contributed by atoms with van der Waals surface area (Å²) in [6.45, 7) is 7.12. The third-order valence-corrected chi connectivity index (χ3v) is 5.93. The van der Waals surface area contributed by atoms with Gasteiger partial charge < -0.3 is 15.5 Å². The average molecular weight is 461 g/mol. The Morgan fingerprint density at radius 2 is 1.88 bits per heavy atom. The molecule has 0 radical (unpaired) electrons. The van der Waals surface area contributed by atoms with Crippen LogP contribution in [0.15, 0.2) is 30.3 Å². The highest BCUT2D eigenvalue weighted by Crippen LogP contribution is 2.14. The lowest BCUT2D eigenvalue weighted by Crippen LogP contribution is -2.61. The van der Waals surface area contributed by atoms with E-state index in [1.165, 1.54) is 4.90 Å². The SMILES string of the molecule is CCC(=O)[C@@H](NC(=O)N1CCNC[C@H]1C(=O)CCC(=O)NOCc1ccccc1)[C@@H](C)CC. The van der Waals surface area contributed by atoms with E-state index in [4.69, 9.17) is 4.84 Å². The van der Waals surface area contributed by atoms with Gasteiger partial charge in [-0.15, -0.1) is 0 Å². The predicted octanol–water partition coefficient (Wildman–Crippen LogP) is 1.96. The first-order valence-electron chi connectivity index (χ1n) is 11.6. The van der Waals surface area contributed by atoms with Crippen molar-refractivity contribution in [1.29, 1.82) is 0 Å². The van der Waals surface area contributed by atoms with Crippen LogP contribution >= 0.6 is 0 Å². The van der Waals surface area contributed by atoms with Crippen LogP contribution in [-0.2, 0) is 25.8 Å². The van der Waals surface area contributed by atoms with E-state index in [0.717, 1.165) is 12.0 Å². The van der Waals surface area contributed by atoms with Crippen molar-refractivity contribution in [2.24, 2.45) is 5.92 Å². The van der Waals surface area contributed by atoms with Crippen molar-refractivity contribution in [1.82, 2.24) is 21.0 Å². The van der Waals surface area contributed by atoms with Crippen LogP contribution in [0.4, 0.5) is 4.79 Å². The fourth-order valence-electron chi connectivity index (χ4n) is 3.68. The number of Topliss-reactive ketones (excluding diaryl/α,β-unsaturated/α-hetero) is 2. The number of hydrogen-bond acceptors (Lipinski definition) is 6. The fraction of sp³-hybridized carbons (Fsp3) is 0.583. The van der Waals surface area contributed by atoms with E-state index >= 15 is 0 Å². The smallest absolute Gasteiger partial charge is 0.318 e. The predicted molar refractivity (Wildman–Crippen MR) is 124 cm³/mol. The molecule has 3 atom stereocenters. The molecule has 2 rings (SSSR count). The topological polar surface area (TPSA) is 117 Å². The quantitative estimate of drug-likeness (QED) is 0.411. The van der Waals surface area contributed by atoms with Gasteiger partial charge in [-0.25, -0.2) is 10.3 Å². The van der Waals surface area contributed by atoms with Crippen LogP contribution in [0.1, 0.15) is 52.0 Å². The van der Waals surface area contributed by atoms with Gasteiger partial charge in [-0.2, -0.15) is 0 Å². The molecule has 1 saturated heterocycles. The zero-order valence-corrected chi connectivity index (χ0v) is 19.8. The standard InChI is InChI=1S/C24H36N4O5/c1-4-17(3)23(20(29)5-2)26-24(32)28-14-13-25-15-19(28)21(30)11-12-22(31)27-33-16-18-9-7-6-8-10-18/h6-10,17,19,23,25H,4-5,11-16H2,1-3H3,(H,26,32)(H,27,31)/t17-,19-,23-/m0/s1. The van der Waals surface area contributed by atoms with Crippen LogP contribution in [0.5, 0.6) is 0 Å². The molecule has 1 heterocycles. The number of carbonyl (C=O) groups is 4. The minimum atomic E-state index is -0.689. The maximum atomic E-state index is 13.0. The van der Waals surface area contributed by atoms with E-state index in [2.05, 4.69) is 16.1 Å². The Hall–Kier alpha value is -2.78. The molecule has 3 amide bonds. The molecule has 1 aromatic rings. The molecule has 0 spiro atoms. The van der Waals surface area contributed by atoms with Crippen LogP contribution < -0.4 is 16.1 Å². The Kier molecular flexibility index (Phi) is 11.0. The summed E-state index contributed by atoms with van der Waals surface area (Å²) < 4.78 is 0.